The van der Waals surface area contributed by atoms with E-state index in [9.17, 15) is 4.79 Å². The van der Waals surface area contributed by atoms with Crippen molar-refractivity contribution in [2.75, 3.05) is 13.2 Å². The van der Waals surface area contributed by atoms with Gasteiger partial charge in [0.2, 0.25) is 0 Å². The summed E-state index contributed by atoms with van der Waals surface area (Å²) in [6, 6.07) is 7.15. The van der Waals surface area contributed by atoms with Crippen LogP contribution in [0.1, 0.15) is 11.5 Å². The van der Waals surface area contributed by atoms with Crippen LogP contribution in [0.2, 0.25) is 0 Å². The zero-order chi connectivity index (χ0) is 13.1. The van der Waals surface area contributed by atoms with Gasteiger partial charge < -0.3 is 13.6 Å². The van der Waals surface area contributed by atoms with Gasteiger partial charge in [0, 0.05) is 11.1 Å². The molecule has 2 aromatic rings. The lowest BCUT2D eigenvalue weighted by atomic mass is 10.0. The first-order valence-corrected chi connectivity index (χ1v) is 5.93. The van der Waals surface area contributed by atoms with Crippen LogP contribution < -0.4 is 0 Å². The zero-order valence-electron chi connectivity index (χ0n) is 10.2. The number of rotatable bonds is 2. The smallest absolute Gasteiger partial charge is 0.189 e. The molecule has 0 bridgehead atoms. The molecule has 0 N–H and O–H groups in total. The van der Waals surface area contributed by atoms with Crippen LogP contribution in [0.15, 0.2) is 56.8 Å². The van der Waals surface area contributed by atoms with Crippen LogP contribution in [-0.4, -0.2) is 19.0 Å². The van der Waals surface area contributed by atoms with E-state index in [0.29, 0.717) is 35.9 Å². The zero-order valence-corrected chi connectivity index (χ0v) is 10.2. The van der Waals surface area contributed by atoms with Crippen LogP contribution in [0, 0.1) is 0 Å². The molecule has 0 spiro atoms. The topological polar surface area (TPSA) is 52.6 Å². The lowest BCUT2D eigenvalue weighted by Gasteiger charge is -2.16. The summed E-state index contributed by atoms with van der Waals surface area (Å²) in [5.41, 5.74) is 1.16. The van der Waals surface area contributed by atoms with E-state index in [4.69, 9.17) is 13.6 Å². The van der Waals surface area contributed by atoms with Gasteiger partial charge >= 0.3 is 0 Å². The summed E-state index contributed by atoms with van der Waals surface area (Å²) in [4.78, 5) is 12.3. The molecule has 1 saturated heterocycles. The first kappa shape index (κ1) is 11.7. The third kappa shape index (κ3) is 2.58. The Morgan fingerprint density at radius 3 is 1.84 bits per heavy atom. The van der Waals surface area contributed by atoms with Gasteiger partial charge in [-0.2, -0.15) is 0 Å². The van der Waals surface area contributed by atoms with Gasteiger partial charge in [-0.1, -0.05) is 0 Å². The van der Waals surface area contributed by atoms with Crippen molar-refractivity contribution in [3.05, 3.63) is 59.5 Å². The molecule has 0 radical (unpaired) electrons. The quantitative estimate of drug-likeness (QED) is 0.775. The molecule has 0 amide bonds. The molecule has 0 atom stereocenters. The van der Waals surface area contributed by atoms with Gasteiger partial charge in [0.25, 0.3) is 0 Å². The van der Waals surface area contributed by atoms with Crippen LogP contribution in [0.25, 0.3) is 12.2 Å². The summed E-state index contributed by atoms with van der Waals surface area (Å²) in [6.07, 6.45) is 6.55. The fourth-order valence-corrected chi connectivity index (χ4v) is 1.91. The maximum atomic E-state index is 12.3. The van der Waals surface area contributed by atoms with Gasteiger partial charge in [0.1, 0.15) is 11.5 Å². The molecule has 1 aliphatic heterocycles. The number of carbonyl (C=O) groups excluding carboxylic acids is 1. The highest BCUT2D eigenvalue weighted by atomic mass is 16.5. The molecule has 0 unspecified atom stereocenters. The molecule has 0 saturated carbocycles. The summed E-state index contributed by atoms with van der Waals surface area (Å²) >= 11 is 0. The average molecular weight is 256 g/mol. The molecule has 3 heterocycles. The lowest BCUT2D eigenvalue weighted by molar-refractivity contribution is -0.114. The average Bonchev–Trinajstić information content (AvgIpc) is 3.07. The van der Waals surface area contributed by atoms with Crippen molar-refractivity contribution >= 4 is 17.9 Å². The molecular weight excluding hydrogens is 244 g/mol. The van der Waals surface area contributed by atoms with Gasteiger partial charge in [-0.15, -0.1) is 0 Å². The van der Waals surface area contributed by atoms with Crippen molar-refractivity contribution < 1.29 is 18.4 Å². The Hall–Kier alpha value is -2.33. The minimum atomic E-state index is -0.0287. The van der Waals surface area contributed by atoms with Crippen LogP contribution in [-0.2, 0) is 9.53 Å². The number of ketones is 1. The van der Waals surface area contributed by atoms with E-state index in [1.807, 2.05) is 0 Å². The van der Waals surface area contributed by atoms with Crippen LogP contribution in [0.4, 0.5) is 0 Å². The molecule has 1 fully saturated rings. The second kappa shape index (κ2) is 5.12. The Kier molecular flexibility index (Phi) is 3.16. The Bertz CT molecular complexity index is 561. The highest BCUT2D eigenvalue weighted by Crippen LogP contribution is 2.20. The summed E-state index contributed by atoms with van der Waals surface area (Å²) in [5.74, 6) is 1.26. The standard InChI is InChI=1S/C15H12O4/c16-15-11(7-13-3-1-5-18-13)9-17-10-12(15)8-14-4-2-6-19-14/h1-8H,9-10H2/b11-7-,12-8-. The normalized spacial score (nSPS) is 20.3. The van der Waals surface area contributed by atoms with E-state index >= 15 is 0 Å². The molecule has 4 heteroatoms. The summed E-state index contributed by atoms with van der Waals surface area (Å²) < 4.78 is 15.8. The van der Waals surface area contributed by atoms with Gasteiger partial charge in [-0.3, -0.25) is 4.79 Å². The number of furan rings is 2. The number of hydrogen-bond acceptors (Lipinski definition) is 4. The molecule has 96 valence electrons. The Morgan fingerprint density at radius 2 is 1.42 bits per heavy atom. The van der Waals surface area contributed by atoms with Crippen molar-refractivity contribution in [3.8, 4) is 0 Å². The molecule has 2 aromatic heterocycles. The van der Waals surface area contributed by atoms with Gasteiger partial charge in [0.05, 0.1) is 25.7 Å². The molecule has 19 heavy (non-hydrogen) atoms. The maximum absolute atomic E-state index is 12.3. The van der Waals surface area contributed by atoms with Crippen molar-refractivity contribution in [1.82, 2.24) is 0 Å². The largest absolute Gasteiger partial charge is 0.465 e. The predicted octanol–water partition coefficient (Wildman–Crippen LogP) is 2.94. The summed E-state index contributed by atoms with van der Waals surface area (Å²) in [7, 11) is 0. The first-order valence-electron chi connectivity index (χ1n) is 5.93. The number of carbonyl (C=O) groups is 1. The second-order valence-electron chi connectivity index (χ2n) is 4.19. The monoisotopic (exact) mass is 256 g/mol. The van der Waals surface area contributed by atoms with E-state index < -0.39 is 0 Å². The molecule has 1 aliphatic rings. The van der Waals surface area contributed by atoms with Crippen molar-refractivity contribution in [3.63, 3.8) is 0 Å². The van der Waals surface area contributed by atoms with Crippen LogP contribution in [0.3, 0.4) is 0 Å². The summed E-state index contributed by atoms with van der Waals surface area (Å²) in [6.45, 7) is 0.601. The first-order chi connectivity index (χ1) is 9.33. The molecule has 0 aromatic carbocycles. The number of hydrogen-bond donors (Lipinski definition) is 0. The fourth-order valence-electron chi connectivity index (χ4n) is 1.91. The van der Waals surface area contributed by atoms with Crippen molar-refractivity contribution in [1.29, 1.82) is 0 Å². The highest BCUT2D eigenvalue weighted by molar-refractivity contribution is 6.14. The maximum Gasteiger partial charge on any atom is 0.189 e. The SMILES string of the molecule is O=C1/C(=C\c2ccco2)COC/C1=C/c1ccco1. The van der Waals surface area contributed by atoms with E-state index in [-0.39, 0.29) is 5.78 Å². The van der Waals surface area contributed by atoms with Gasteiger partial charge in [-0.05, 0) is 36.4 Å². The van der Waals surface area contributed by atoms with Gasteiger partial charge in [0.15, 0.2) is 5.78 Å². The third-order valence-electron chi connectivity index (χ3n) is 2.82. The van der Waals surface area contributed by atoms with Crippen molar-refractivity contribution in [2.24, 2.45) is 0 Å². The molecule has 4 nitrogen and oxygen atoms in total. The minimum absolute atomic E-state index is 0.0287. The minimum Gasteiger partial charge on any atom is -0.465 e. The van der Waals surface area contributed by atoms with Gasteiger partial charge in [-0.25, -0.2) is 0 Å². The highest BCUT2D eigenvalue weighted by Gasteiger charge is 2.21. The van der Waals surface area contributed by atoms with Crippen LogP contribution >= 0.6 is 0 Å². The molecule has 3 rings (SSSR count). The number of Topliss-reactive ketones (excluding diaryl/α,β-unsaturated/α-hetero) is 1. The van der Waals surface area contributed by atoms with E-state index in [2.05, 4.69) is 0 Å². The molecule has 0 aliphatic carbocycles. The Labute approximate surface area is 110 Å². The Balaban J connectivity index is 1.87. The van der Waals surface area contributed by atoms with Crippen molar-refractivity contribution in [2.45, 2.75) is 0 Å². The lowest BCUT2D eigenvalue weighted by Crippen LogP contribution is -2.21. The molecular formula is C15H12O4. The predicted molar refractivity (Wildman–Crippen MR) is 69.2 cm³/mol. The Morgan fingerprint density at radius 1 is 0.895 bits per heavy atom. The van der Waals surface area contributed by atoms with E-state index in [1.54, 1.807) is 48.9 Å². The summed E-state index contributed by atoms with van der Waals surface area (Å²) in [5, 5.41) is 0. The van der Waals surface area contributed by atoms with E-state index in [1.165, 1.54) is 0 Å². The third-order valence-corrected chi connectivity index (χ3v) is 2.82. The number of ether oxygens (including phenoxy) is 1. The van der Waals surface area contributed by atoms with E-state index in [0.717, 1.165) is 0 Å². The second-order valence-corrected chi connectivity index (χ2v) is 4.19. The fraction of sp³-hybridized carbons (Fsp3) is 0.133. The van der Waals surface area contributed by atoms with Crippen LogP contribution in [0.5, 0.6) is 0 Å².